The molecule has 2 aromatic carbocycles. The first-order valence-electron chi connectivity index (χ1n) is 10.7. The number of halogens is 1. The van der Waals surface area contributed by atoms with Crippen LogP contribution in [0.5, 0.6) is 0 Å². The van der Waals surface area contributed by atoms with Crippen molar-refractivity contribution in [3.05, 3.63) is 53.1 Å². The smallest absolute Gasteiger partial charge is 0.243 e. The lowest BCUT2D eigenvalue weighted by atomic mass is 9.99. The Hall–Kier alpha value is -2.42. The van der Waals surface area contributed by atoms with Gasteiger partial charge in [-0.15, -0.1) is 0 Å². The lowest BCUT2D eigenvalue weighted by Crippen LogP contribution is -2.43. The fraction of sp³-hybridized carbons (Fsp3) is 0.391. The Morgan fingerprint density at radius 2 is 1.94 bits per heavy atom. The van der Waals surface area contributed by atoms with Crippen molar-refractivity contribution >= 4 is 44.8 Å². The number of amides is 2. The lowest BCUT2D eigenvalue weighted by Gasteiger charge is -2.31. The molecule has 2 aliphatic heterocycles. The normalized spacial score (nSPS) is 21.3. The molecule has 1 fully saturated rings. The summed E-state index contributed by atoms with van der Waals surface area (Å²) in [4.78, 5) is 26.6. The number of rotatable bonds is 4. The molecular formula is C23H26ClN3O4S. The molecule has 1 saturated heterocycles. The third-order valence-electron chi connectivity index (χ3n) is 6.09. The molecule has 0 bridgehead atoms. The number of carbonyl (C=O) groups is 2. The fourth-order valence-electron chi connectivity index (χ4n) is 4.58. The van der Waals surface area contributed by atoms with Crippen molar-refractivity contribution in [2.24, 2.45) is 5.92 Å². The molecule has 2 aromatic rings. The molecule has 0 aromatic heterocycles. The monoisotopic (exact) mass is 475 g/mol. The number of sulfonamides is 1. The molecule has 0 spiro atoms. The van der Waals surface area contributed by atoms with Gasteiger partial charge < -0.3 is 10.2 Å². The van der Waals surface area contributed by atoms with E-state index in [9.17, 15) is 18.0 Å². The Morgan fingerprint density at radius 3 is 2.66 bits per heavy atom. The Morgan fingerprint density at radius 1 is 1.16 bits per heavy atom. The van der Waals surface area contributed by atoms with Crippen LogP contribution in [-0.4, -0.2) is 43.7 Å². The summed E-state index contributed by atoms with van der Waals surface area (Å²) in [6.07, 6.45) is 1.84. The van der Waals surface area contributed by atoms with Gasteiger partial charge in [0.05, 0.1) is 10.8 Å². The van der Waals surface area contributed by atoms with E-state index in [1.807, 2.05) is 6.92 Å². The first-order chi connectivity index (χ1) is 15.2. The van der Waals surface area contributed by atoms with Crippen molar-refractivity contribution < 1.29 is 18.0 Å². The van der Waals surface area contributed by atoms with Crippen LogP contribution in [0.3, 0.4) is 0 Å². The Bertz CT molecular complexity index is 1170. The van der Waals surface area contributed by atoms with E-state index >= 15 is 0 Å². The molecule has 0 saturated carbocycles. The zero-order valence-electron chi connectivity index (χ0n) is 18.0. The quantitative estimate of drug-likeness (QED) is 0.730. The number of hydrogen-bond acceptors (Lipinski definition) is 4. The maximum Gasteiger partial charge on any atom is 0.243 e. The zero-order chi connectivity index (χ0) is 23.0. The van der Waals surface area contributed by atoms with E-state index in [2.05, 4.69) is 5.32 Å². The molecule has 0 radical (unpaired) electrons. The van der Waals surface area contributed by atoms with Gasteiger partial charge in [-0.1, -0.05) is 17.7 Å². The Labute approximate surface area is 193 Å². The molecule has 0 aliphatic carbocycles. The topological polar surface area (TPSA) is 86.8 Å². The van der Waals surface area contributed by atoms with Crippen molar-refractivity contribution in [2.45, 2.75) is 44.0 Å². The van der Waals surface area contributed by atoms with E-state index in [0.717, 1.165) is 11.3 Å². The predicted molar refractivity (Wildman–Crippen MR) is 124 cm³/mol. The molecule has 0 unspecified atom stereocenters. The van der Waals surface area contributed by atoms with Crippen molar-refractivity contribution in [1.29, 1.82) is 0 Å². The van der Waals surface area contributed by atoms with Gasteiger partial charge in [0, 0.05) is 42.5 Å². The molecule has 2 aliphatic rings. The third kappa shape index (κ3) is 4.40. The van der Waals surface area contributed by atoms with Crippen LogP contribution in [-0.2, 0) is 26.0 Å². The van der Waals surface area contributed by atoms with Crippen molar-refractivity contribution in [1.82, 2.24) is 4.31 Å². The SMILES string of the molecule is CC(=O)N1c2ccc(S(=O)(=O)N3CCC[C@@H](C(=O)Nc4cccc(Cl)c4)C3)cc2C[C@H]1C. The van der Waals surface area contributed by atoms with Crippen molar-refractivity contribution in [3.63, 3.8) is 0 Å². The number of fused-ring (bicyclic) bond motifs is 1. The van der Waals surface area contributed by atoms with Crippen LogP contribution in [0, 0.1) is 5.92 Å². The van der Waals surface area contributed by atoms with Gasteiger partial charge in [0.25, 0.3) is 0 Å². The molecule has 9 heteroatoms. The van der Waals surface area contributed by atoms with E-state index in [1.165, 1.54) is 11.2 Å². The number of benzene rings is 2. The standard InChI is InChI=1S/C23H26ClN3O4S/c1-15-11-18-12-21(8-9-22(18)27(15)16(2)28)32(30,31)26-10-4-5-17(14-26)23(29)25-20-7-3-6-19(24)13-20/h3,6-9,12-13,15,17H,4-5,10-11,14H2,1-2H3,(H,25,29)/t15-,17-/m1/s1. The first-order valence-corrected chi connectivity index (χ1v) is 12.5. The van der Waals surface area contributed by atoms with E-state index < -0.39 is 15.9 Å². The predicted octanol–water partition coefficient (Wildman–Crippen LogP) is 3.68. The summed E-state index contributed by atoms with van der Waals surface area (Å²) in [5.41, 5.74) is 2.20. The zero-order valence-corrected chi connectivity index (χ0v) is 19.6. The minimum Gasteiger partial charge on any atom is -0.326 e. The second-order valence-electron chi connectivity index (χ2n) is 8.43. The van der Waals surface area contributed by atoms with Gasteiger partial charge >= 0.3 is 0 Å². The largest absolute Gasteiger partial charge is 0.326 e. The summed E-state index contributed by atoms with van der Waals surface area (Å²) in [7, 11) is -3.76. The van der Waals surface area contributed by atoms with Crippen LogP contribution >= 0.6 is 11.6 Å². The average molecular weight is 476 g/mol. The van der Waals surface area contributed by atoms with Gasteiger partial charge in [-0.3, -0.25) is 9.59 Å². The van der Waals surface area contributed by atoms with E-state index in [-0.39, 0.29) is 29.3 Å². The maximum atomic E-state index is 13.4. The number of nitrogens with zero attached hydrogens (tertiary/aromatic N) is 2. The highest BCUT2D eigenvalue weighted by Gasteiger charge is 2.35. The van der Waals surface area contributed by atoms with Crippen LogP contribution in [0.4, 0.5) is 11.4 Å². The van der Waals surface area contributed by atoms with Gasteiger partial charge in [-0.2, -0.15) is 4.31 Å². The summed E-state index contributed by atoms with van der Waals surface area (Å²) >= 11 is 5.98. The number of carbonyl (C=O) groups excluding carboxylic acids is 2. The lowest BCUT2D eigenvalue weighted by molar-refractivity contribution is -0.121. The number of nitrogens with one attached hydrogen (secondary N) is 1. The fourth-order valence-corrected chi connectivity index (χ4v) is 6.35. The van der Waals surface area contributed by atoms with Gasteiger partial charge in [0.15, 0.2) is 0 Å². The molecular weight excluding hydrogens is 450 g/mol. The van der Waals surface area contributed by atoms with E-state index in [0.29, 0.717) is 36.5 Å². The van der Waals surface area contributed by atoms with Crippen LogP contribution < -0.4 is 10.2 Å². The molecule has 2 heterocycles. The van der Waals surface area contributed by atoms with Gasteiger partial charge in [-0.05, 0) is 68.1 Å². The molecule has 170 valence electrons. The molecule has 2 atom stereocenters. The van der Waals surface area contributed by atoms with Crippen molar-refractivity contribution in [2.75, 3.05) is 23.3 Å². The summed E-state index contributed by atoms with van der Waals surface area (Å²) in [6.45, 7) is 3.96. The second-order valence-corrected chi connectivity index (χ2v) is 10.8. The highest BCUT2D eigenvalue weighted by Crippen LogP contribution is 2.35. The maximum absolute atomic E-state index is 13.4. The molecule has 4 rings (SSSR count). The Balaban J connectivity index is 1.51. The summed E-state index contributed by atoms with van der Waals surface area (Å²) in [5.74, 6) is -0.719. The summed E-state index contributed by atoms with van der Waals surface area (Å²) in [6, 6.07) is 11.8. The molecule has 2 amide bonds. The summed E-state index contributed by atoms with van der Waals surface area (Å²) < 4.78 is 28.1. The first kappa shape index (κ1) is 22.8. The minimum atomic E-state index is -3.76. The number of piperidine rings is 1. The van der Waals surface area contributed by atoms with E-state index in [1.54, 1.807) is 47.4 Å². The van der Waals surface area contributed by atoms with Crippen LogP contribution in [0.15, 0.2) is 47.4 Å². The van der Waals surface area contributed by atoms with Gasteiger partial charge in [0.1, 0.15) is 0 Å². The highest BCUT2D eigenvalue weighted by molar-refractivity contribution is 7.89. The average Bonchev–Trinajstić information content (AvgIpc) is 3.09. The third-order valence-corrected chi connectivity index (χ3v) is 8.19. The molecule has 1 N–H and O–H groups in total. The van der Waals surface area contributed by atoms with Crippen LogP contribution in [0.1, 0.15) is 32.3 Å². The second kappa shape index (κ2) is 8.84. The highest BCUT2D eigenvalue weighted by atomic mass is 35.5. The van der Waals surface area contributed by atoms with Gasteiger partial charge in [0.2, 0.25) is 21.8 Å². The van der Waals surface area contributed by atoms with Crippen LogP contribution in [0.2, 0.25) is 5.02 Å². The van der Waals surface area contributed by atoms with E-state index in [4.69, 9.17) is 11.6 Å². The number of hydrogen-bond donors (Lipinski definition) is 1. The van der Waals surface area contributed by atoms with Gasteiger partial charge in [-0.25, -0.2) is 8.42 Å². The summed E-state index contributed by atoms with van der Waals surface area (Å²) in [5, 5.41) is 3.35. The van der Waals surface area contributed by atoms with Crippen LogP contribution in [0.25, 0.3) is 0 Å². The van der Waals surface area contributed by atoms with Crippen molar-refractivity contribution in [3.8, 4) is 0 Å². The molecule has 32 heavy (non-hydrogen) atoms. The minimum absolute atomic E-state index is 0.00462. The Kier molecular flexibility index (Phi) is 6.29. The molecule has 7 nitrogen and oxygen atoms in total. The number of anilines is 2.